The number of nitrogens with one attached hydrogen (secondary N) is 1. The van der Waals surface area contributed by atoms with Gasteiger partial charge in [-0.25, -0.2) is 4.39 Å². The molecule has 0 unspecified atom stereocenters. The summed E-state index contributed by atoms with van der Waals surface area (Å²) in [4.78, 5) is 14.5. The Hall–Kier alpha value is -2.38. The van der Waals surface area contributed by atoms with Gasteiger partial charge in [0.1, 0.15) is 15.9 Å². The van der Waals surface area contributed by atoms with Crippen LogP contribution in [-0.2, 0) is 4.79 Å². The molecule has 1 aliphatic rings. The number of thioether (sulfide) groups is 1. The van der Waals surface area contributed by atoms with E-state index in [1.165, 1.54) is 28.8 Å². The first-order valence-electron chi connectivity index (χ1n) is 7.46. The minimum absolute atomic E-state index is 0.207. The predicted octanol–water partition coefficient (Wildman–Crippen LogP) is 4.11. The molecule has 0 radical (unpaired) electrons. The lowest BCUT2D eigenvalue weighted by Gasteiger charge is -2.17. The average molecular weight is 374 g/mol. The number of hydrogen-bond acceptors (Lipinski definition) is 5. The molecular weight excluding hydrogens is 359 g/mol. The first kappa shape index (κ1) is 17.4. The number of thiocarbonyl (C=S) groups is 1. The quantitative estimate of drug-likeness (QED) is 0.630. The van der Waals surface area contributed by atoms with E-state index < -0.39 is 0 Å². The van der Waals surface area contributed by atoms with E-state index >= 15 is 0 Å². The maximum atomic E-state index is 13.3. The van der Waals surface area contributed by atoms with Crippen LogP contribution >= 0.6 is 24.0 Å². The maximum absolute atomic E-state index is 13.3. The topological polar surface area (TPSA) is 41.6 Å². The van der Waals surface area contributed by atoms with Crippen molar-refractivity contribution in [2.45, 2.75) is 0 Å². The maximum Gasteiger partial charge on any atom is 0.267 e. The first-order chi connectivity index (χ1) is 12.1. The third-order valence-electron chi connectivity index (χ3n) is 3.55. The van der Waals surface area contributed by atoms with Crippen LogP contribution in [0.5, 0.6) is 5.75 Å². The van der Waals surface area contributed by atoms with Crippen LogP contribution in [0, 0.1) is 5.82 Å². The molecule has 3 rings (SSSR count). The third kappa shape index (κ3) is 4.00. The van der Waals surface area contributed by atoms with Gasteiger partial charge in [-0.15, -0.1) is 0 Å². The average Bonchev–Trinajstić information content (AvgIpc) is 2.87. The summed E-state index contributed by atoms with van der Waals surface area (Å²) >= 11 is 6.50. The number of carbonyl (C=O) groups excluding carboxylic acids is 1. The molecule has 0 bridgehead atoms. The molecule has 1 aliphatic heterocycles. The molecule has 25 heavy (non-hydrogen) atoms. The van der Waals surface area contributed by atoms with E-state index in [1.54, 1.807) is 25.3 Å². The van der Waals surface area contributed by atoms with Gasteiger partial charge in [0.2, 0.25) is 0 Å². The Morgan fingerprint density at radius 3 is 2.84 bits per heavy atom. The fraction of sp³-hybridized carbons (Fsp3) is 0.111. The number of methoxy groups -OCH3 is 1. The Kier molecular flexibility index (Phi) is 5.35. The second kappa shape index (κ2) is 7.67. The van der Waals surface area contributed by atoms with E-state index in [-0.39, 0.29) is 18.4 Å². The van der Waals surface area contributed by atoms with Gasteiger partial charge in [0, 0.05) is 0 Å². The molecule has 7 heteroatoms. The molecule has 0 aromatic heterocycles. The van der Waals surface area contributed by atoms with E-state index in [2.05, 4.69) is 5.32 Å². The zero-order valence-electron chi connectivity index (χ0n) is 13.4. The Labute approximate surface area is 154 Å². The normalized spacial score (nSPS) is 15.8. The molecule has 1 amide bonds. The van der Waals surface area contributed by atoms with Crippen LogP contribution in [0.15, 0.2) is 53.4 Å². The molecule has 1 N–H and O–H groups in total. The lowest BCUT2D eigenvalue weighted by Crippen LogP contribution is -2.33. The highest BCUT2D eigenvalue weighted by atomic mass is 32.2. The lowest BCUT2D eigenvalue weighted by molar-refractivity contribution is -0.121. The molecule has 0 saturated carbocycles. The van der Waals surface area contributed by atoms with Crippen LogP contribution in [0.1, 0.15) is 5.56 Å². The summed E-state index contributed by atoms with van der Waals surface area (Å²) in [5.41, 5.74) is 1.39. The zero-order valence-corrected chi connectivity index (χ0v) is 15.0. The number of para-hydroxylation sites is 2. The third-order valence-corrected chi connectivity index (χ3v) is 4.93. The molecule has 128 valence electrons. The second-order valence-electron chi connectivity index (χ2n) is 5.20. The summed E-state index contributed by atoms with van der Waals surface area (Å²) in [5.74, 6) is 0.131. The van der Waals surface area contributed by atoms with Crippen molar-refractivity contribution in [3.63, 3.8) is 0 Å². The van der Waals surface area contributed by atoms with Crippen LogP contribution in [0.2, 0.25) is 0 Å². The van der Waals surface area contributed by atoms with Crippen LogP contribution in [-0.4, -0.2) is 28.9 Å². The summed E-state index contributed by atoms with van der Waals surface area (Å²) in [6.45, 7) is 0.228. The van der Waals surface area contributed by atoms with Gasteiger partial charge in [-0.2, -0.15) is 0 Å². The summed E-state index contributed by atoms with van der Waals surface area (Å²) in [7, 11) is 1.59. The highest BCUT2D eigenvalue weighted by Crippen LogP contribution is 2.33. The molecule has 1 fully saturated rings. The van der Waals surface area contributed by atoms with Crippen LogP contribution in [0.3, 0.4) is 0 Å². The summed E-state index contributed by atoms with van der Waals surface area (Å²) < 4.78 is 19.0. The number of benzene rings is 2. The molecule has 1 saturated heterocycles. The Morgan fingerprint density at radius 2 is 2.08 bits per heavy atom. The van der Waals surface area contributed by atoms with Gasteiger partial charge in [-0.1, -0.05) is 48.2 Å². The van der Waals surface area contributed by atoms with Crippen molar-refractivity contribution in [1.29, 1.82) is 0 Å². The highest BCUT2D eigenvalue weighted by molar-refractivity contribution is 8.26. The van der Waals surface area contributed by atoms with Gasteiger partial charge in [0.15, 0.2) is 0 Å². The Bertz CT molecular complexity index is 854. The fourth-order valence-electron chi connectivity index (χ4n) is 2.34. The van der Waals surface area contributed by atoms with E-state index in [0.717, 1.165) is 5.69 Å². The van der Waals surface area contributed by atoms with Crippen molar-refractivity contribution in [1.82, 2.24) is 4.90 Å². The minimum Gasteiger partial charge on any atom is -0.495 e. The summed E-state index contributed by atoms with van der Waals surface area (Å²) in [6, 6.07) is 13.5. The zero-order chi connectivity index (χ0) is 17.8. The lowest BCUT2D eigenvalue weighted by atomic mass is 10.2. The number of nitrogens with zero attached hydrogens (tertiary/aromatic N) is 1. The van der Waals surface area contributed by atoms with Crippen molar-refractivity contribution in [3.05, 3.63) is 64.8 Å². The number of carbonyl (C=O) groups is 1. The smallest absolute Gasteiger partial charge is 0.267 e. The molecule has 0 atom stereocenters. The number of halogens is 1. The molecule has 0 aliphatic carbocycles. The predicted molar refractivity (Wildman–Crippen MR) is 103 cm³/mol. The molecule has 0 spiro atoms. The first-order valence-corrected chi connectivity index (χ1v) is 8.69. The van der Waals surface area contributed by atoms with Gasteiger partial charge in [-0.3, -0.25) is 9.69 Å². The SMILES string of the molecule is COc1ccccc1NCN1C(=O)C(=Cc2cccc(F)c2)SC1=S. The van der Waals surface area contributed by atoms with Crippen molar-refractivity contribution in [3.8, 4) is 5.75 Å². The molecule has 2 aromatic rings. The number of rotatable bonds is 5. The van der Waals surface area contributed by atoms with E-state index in [1.807, 2.05) is 24.3 Å². The highest BCUT2D eigenvalue weighted by Gasteiger charge is 2.31. The van der Waals surface area contributed by atoms with Gasteiger partial charge in [0.25, 0.3) is 5.91 Å². The van der Waals surface area contributed by atoms with E-state index in [0.29, 0.717) is 20.5 Å². The van der Waals surface area contributed by atoms with Crippen LogP contribution in [0.4, 0.5) is 10.1 Å². The monoisotopic (exact) mass is 374 g/mol. The summed E-state index contributed by atoms with van der Waals surface area (Å²) in [5, 5.41) is 3.15. The van der Waals surface area contributed by atoms with Gasteiger partial charge >= 0.3 is 0 Å². The molecular formula is C18H15FN2O2S2. The number of amides is 1. The van der Waals surface area contributed by atoms with Crippen molar-refractivity contribution in [2.24, 2.45) is 0 Å². The van der Waals surface area contributed by atoms with Crippen molar-refractivity contribution < 1.29 is 13.9 Å². The van der Waals surface area contributed by atoms with Crippen molar-refractivity contribution in [2.75, 3.05) is 19.1 Å². The second-order valence-corrected chi connectivity index (χ2v) is 6.88. The fourth-order valence-corrected chi connectivity index (χ4v) is 3.59. The minimum atomic E-state index is -0.345. The van der Waals surface area contributed by atoms with E-state index in [9.17, 15) is 9.18 Å². The van der Waals surface area contributed by atoms with E-state index in [4.69, 9.17) is 17.0 Å². The van der Waals surface area contributed by atoms with Crippen LogP contribution < -0.4 is 10.1 Å². The van der Waals surface area contributed by atoms with Gasteiger partial charge in [0.05, 0.1) is 24.4 Å². The number of anilines is 1. The molecule has 1 heterocycles. The molecule has 4 nitrogen and oxygen atoms in total. The molecule has 2 aromatic carbocycles. The standard InChI is InChI=1S/C18H15FN2O2S2/c1-23-15-8-3-2-7-14(15)20-11-21-17(22)16(25-18(21)24)10-12-5-4-6-13(19)9-12/h2-10,20H,11H2,1H3. The van der Waals surface area contributed by atoms with Gasteiger partial charge in [-0.05, 0) is 35.9 Å². The Morgan fingerprint density at radius 1 is 1.28 bits per heavy atom. The van der Waals surface area contributed by atoms with Gasteiger partial charge < -0.3 is 10.1 Å². The van der Waals surface area contributed by atoms with Crippen LogP contribution in [0.25, 0.3) is 6.08 Å². The largest absolute Gasteiger partial charge is 0.495 e. The number of ether oxygens (including phenoxy) is 1. The summed E-state index contributed by atoms with van der Waals surface area (Å²) in [6.07, 6.45) is 1.64. The Balaban J connectivity index is 1.73. The number of hydrogen-bond donors (Lipinski definition) is 1. The van der Waals surface area contributed by atoms with Crippen molar-refractivity contribution >= 4 is 46.0 Å².